The van der Waals surface area contributed by atoms with Crippen molar-refractivity contribution in [2.75, 3.05) is 9.80 Å². The van der Waals surface area contributed by atoms with Crippen molar-refractivity contribution in [3.8, 4) is 46.0 Å². The van der Waals surface area contributed by atoms with E-state index < -0.39 is 23.6 Å². The molecule has 0 saturated heterocycles. The molecule has 0 aliphatic carbocycles. The summed E-state index contributed by atoms with van der Waals surface area (Å²) >= 11 is 2.23. The van der Waals surface area contributed by atoms with Crippen LogP contribution in [0.25, 0.3) is 43.1 Å². The third-order valence-corrected chi connectivity index (χ3v) is 21.1. The highest BCUT2D eigenvalue weighted by Crippen LogP contribution is 2.59. The van der Waals surface area contributed by atoms with Crippen LogP contribution < -0.4 is 28.7 Å². The number of carbonyl (C=O) groups is 4. The second kappa shape index (κ2) is 25.7. The van der Waals surface area contributed by atoms with E-state index in [4.69, 9.17) is 18.9 Å². The Kier molecular flexibility index (Phi) is 18.0. The highest BCUT2D eigenvalue weighted by atomic mass is 127. The number of hydrogen-bond donors (Lipinski definition) is 0. The Morgan fingerprint density at radius 1 is 0.272 bits per heavy atom. The fourth-order valence-electron chi connectivity index (χ4n) is 17.6. The number of benzene rings is 11. The fourth-order valence-corrected chi connectivity index (χ4v) is 17.9. The summed E-state index contributed by atoms with van der Waals surface area (Å²) in [6.07, 6.45) is 3.66. The van der Waals surface area contributed by atoms with Crippen LogP contribution in [0.4, 0.5) is 11.4 Å². The van der Waals surface area contributed by atoms with E-state index in [0.717, 1.165) is 51.5 Å². The number of carbonyl (C=O) groups excluding carboxylic acids is 4. The molecule has 2 aliphatic rings. The third-order valence-electron chi connectivity index (χ3n) is 20.3. The maximum atomic E-state index is 16.1. The first-order valence-electron chi connectivity index (χ1n) is 36.1. The minimum absolute atomic E-state index is 0.0370. The summed E-state index contributed by atoms with van der Waals surface area (Å²) in [6.45, 7) is 45.1. The Morgan fingerprint density at radius 3 is 0.718 bits per heavy atom. The molecule has 11 aromatic rings. The number of imide groups is 2. The topological polar surface area (TPSA) is 112 Å². The lowest BCUT2D eigenvalue weighted by Gasteiger charge is -2.33. The molecule has 530 valence electrons. The lowest BCUT2D eigenvalue weighted by molar-refractivity contribution is 0.0877. The summed E-state index contributed by atoms with van der Waals surface area (Å²) in [5.41, 5.74) is 5.39. The van der Waals surface area contributed by atoms with E-state index in [1.165, 1.54) is 9.80 Å². The number of ether oxygens (including phenoxy) is 4. The molecule has 10 nitrogen and oxygen atoms in total. The van der Waals surface area contributed by atoms with Crippen LogP contribution in [0.2, 0.25) is 0 Å². The number of halogens is 1. The number of rotatable bonds is 18. The molecular formula is C92H97IN2O8. The minimum Gasteiger partial charge on any atom is -0.457 e. The van der Waals surface area contributed by atoms with Gasteiger partial charge in [-0.05, 0) is 223 Å². The van der Waals surface area contributed by atoms with Crippen LogP contribution in [0, 0.1) is 25.2 Å². The number of amides is 4. The average molecular weight is 1490 g/mol. The van der Waals surface area contributed by atoms with Gasteiger partial charge in [0.05, 0.1) is 33.6 Å². The Bertz CT molecular complexity index is 4900. The smallest absolute Gasteiger partial charge is 0.266 e. The molecule has 0 bridgehead atoms. The predicted molar refractivity (Wildman–Crippen MR) is 430 cm³/mol. The van der Waals surface area contributed by atoms with Crippen molar-refractivity contribution < 1.29 is 38.1 Å². The van der Waals surface area contributed by atoms with Crippen LogP contribution in [-0.4, -0.2) is 23.6 Å². The molecule has 0 N–H and O–H groups in total. The first kappa shape index (κ1) is 72.3. The fraction of sp³-hybridized carbons (Fsp3) is 0.348. The lowest BCUT2D eigenvalue weighted by Crippen LogP contribution is -2.40. The third kappa shape index (κ3) is 14.2. The van der Waals surface area contributed by atoms with E-state index in [0.29, 0.717) is 77.5 Å². The highest BCUT2D eigenvalue weighted by Gasteiger charge is 2.43. The molecule has 0 fully saturated rings. The molecule has 4 amide bonds. The van der Waals surface area contributed by atoms with Crippen molar-refractivity contribution >= 4 is 101 Å². The van der Waals surface area contributed by atoms with Crippen LogP contribution >= 0.6 is 22.6 Å². The van der Waals surface area contributed by atoms with Crippen molar-refractivity contribution in [1.29, 1.82) is 0 Å². The Hall–Kier alpha value is -9.07. The summed E-state index contributed by atoms with van der Waals surface area (Å²) in [5, 5.41) is 3.36. The van der Waals surface area contributed by atoms with Crippen molar-refractivity contribution in [2.24, 2.45) is 21.7 Å². The Balaban J connectivity index is 1.20. The number of nitrogens with zero attached hydrogens (tertiary/aromatic N) is 2. The first-order valence-corrected chi connectivity index (χ1v) is 37.2. The average Bonchev–Trinajstić information content (AvgIpc) is 0.671. The molecule has 0 saturated carbocycles. The first-order chi connectivity index (χ1) is 48.0. The molecule has 0 atom stereocenters. The molecule has 0 unspecified atom stereocenters. The van der Waals surface area contributed by atoms with Gasteiger partial charge in [-0.3, -0.25) is 19.2 Å². The van der Waals surface area contributed by atoms with E-state index in [-0.39, 0.29) is 88.6 Å². The summed E-state index contributed by atoms with van der Waals surface area (Å²) < 4.78 is 30.8. The van der Waals surface area contributed by atoms with Crippen LogP contribution in [0.1, 0.15) is 228 Å². The van der Waals surface area contributed by atoms with Gasteiger partial charge < -0.3 is 18.9 Å². The monoisotopic (exact) mass is 1480 g/mol. The molecule has 0 radical (unpaired) electrons. The van der Waals surface area contributed by atoms with Crippen LogP contribution in [0.5, 0.6) is 46.0 Å². The molecule has 11 heteroatoms. The molecule has 0 spiro atoms. The van der Waals surface area contributed by atoms with E-state index in [1.54, 1.807) is 60.7 Å². The summed E-state index contributed by atoms with van der Waals surface area (Å²) in [5.74, 6) is 0.628. The molecular weight excluding hydrogens is 1390 g/mol. The van der Waals surface area contributed by atoms with Gasteiger partial charge in [-0.15, -0.1) is 0 Å². The van der Waals surface area contributed by atoms with Crippen molar-refractivity contribution in [3.63, 3.8) is 0 Å². The van der Waals surface area contributed by atoms with Crippen LogP contribution in [0.15, 0.2) is 176 Å². The van der Waals surface area contributed by atoms with Gasteiger partial charge >= 0.3 is 0 Å². The summed E-state index contributed by atoms with van der Waals surface area (Å²) in [6, 6.07) is 55.8. The maximum absolute atomic E-state index is 16.1. The second-order valence-electron chi connectivity index (χ2n) is 36.4. The van der Waals surface area contributed by atoms with Crippen LogP contribution in [-0.2, 0) is 21.7 Å². The zero-order chi connectivity index (χ0) is 74.2. The lowest BCUT2D eigenvalue weighted by atomic mass is 9.72. The van der Waals surface area contributed by atoms with E-state index >= 15 is 19.2 Å². The van der Waals surface area contributed by atoms with Crippen molar-refractivity contribution in [2.45, 2.75) is 186 Å². The van der Waals surface area contributed by atoms with Crippen molar-refractivity contribution in [1.82, 2.24) is 0 Å². The zero-order valence-electron chi connectivity index (χ0n) is 63.6. The van der Waals surface area contributed by atoms with Gasteiger partial charge in [0.25, 0.3) is 23.6 Å². The van der Waals surface area contributed by atoms with Gasteiger partial charge in [-0.25, -0.2) is 9.80 Å². The molecule has 0 aromatic heterocycles. The minimum atomic E-state index is -0.563. The molecule has 103 heavy (non-hydrogen) atoms. The standard InChI is InChI=1S/C92H97IN2O8/c1-85(2,3)50-89(13,14)54-26-38-61(39-27-54)100-69-46-65-73-66(82(97)94(81(65)96)59-24-22-21-23-25-59)47-70(101-62-40-28-55(29-41-62)90(15,16)51-86(4,5)6)76-78-72(103-64-44-32-57(33-45-64)92(19,20)53-88(10,11)12)49-68-74-67(83(98)95(84(68)99)60-36-34-58(93)35-37-60)48-71(77(80(74)78)75(69)79(73)76)102-63-42-30-56(31-43-63)91(17,18)52-87(7,8)9/h21-49H,50-53H2,1-20H3. The van der Waals surface area contributed by atoms with E-state index in [9.17, 15) is 0 Å². The van der Waals surface area contributed by atoms with Gasteiger partial charge in [0.1, 0.15) is 46.0 Å². The van der Waals surface area contributed by atoms with E-state index in [2.05, 4.69) is 210 Å². The maximum Gasteiger partial charge on any atom is 0.266 e. The molecule has 2 heterocycles. The zero-order valence-corrected chi connectivity index (χ0v) is 65.8. The number of anilines is 2. The van der Waals surface area contributed by atoms with Crippen LogP contribution in [0.3, 0.4) is 0 Å². The molecule has 11 aromatic carbocycles. The predicted octanol–water partition coefficient (Wildman–Crippen LogP) is 26.0. The molecule has 13 rings (SSSR count). The SMILES string of the molecule is CC(C)(C)CC(C)(C)c1ccc(Oc2cc3c4c(cc(Oc5ccc(C(C)(C)CC(C)(C)C)cc5)c5c6c(Oc7ccc(C(C)(C)CC(C)(C)C)cc7)cc7c8c(cc(Oc9ccc(C(C)(C)CC(C)(C)C)cc9)c(c2c45)c86)C(=O)N(c2ccc(I)cc2)C7=O)C(=O)N(c2ccccc2)C3=O)cc1. The second-order valence-corrected chi connectivity index (χ2v) is 37.6. The Morgan fingerprint density at radius 2 is 0.495 bits per heavy atom. The largest absolute Gasteiger partial charge is 0.457 e. The van der Waals surface area contributed by atoms with Gasteiger partial charge in [-0.2, -0.15) is 0 Å². The number of para-hydroxylation sites is 1. The van der Waals surface area contributed by atoms with Gasteiger partial charge in [0.15, 0.2) is 0 Å². The summed E-state index contributed by atoms with van der Waals surface area (Å²) in [4.78, 5) is 66.8. The normalized spacial score (nSPS) is 14.3. The van der Waals surface area contributed by atoms with Gasteiger partial charge in [-0.1, -0.05) is 205 Å². The quantitative estimate of drug-likeness (QED) is 0.0361. The highest BCUT2D eigenvalue weighted by molar-refractivity contribution is 14.1. The van der Waals surface area contributed by atoms with Crippen molar-refractivity contribution in [3.05, 3.63) is 224 Å². The van der Waals surface area contributed by atoms with E-state index in [1.807, 2.05) is 66.7 Å². The number of hydrogen-bond acceptors (Lipinski definition) is 8. The summed E-state index contributed by atoms with van der Waals surface area (Å²) in [7, 11) is 0. The number of fused-ring (bicyclic) bond motifs is 2. The van der Waals surface area contributed by atoms with Gasteiger partial charge in [0, 0.05) is 46.7 Å². The Labute approximate surface area is 621 Å². The molecule has 2 aliphatic heterocycles. The van der Waals surface area contributed by atoms with Gasteiger partial charge in [0.2, 0.25) is 0 Å².